The van der Waals surface area contributed by atoms with Crippen LogP contribution in [-0.4, -0.2) is 0 Å². The molecule has 0 amide bonds. The van der Waals surface area contributed by atoms with Gasteiger partial charge in [-0.2, -0.15) is 0 Å². The highest BCUT2D eigenvalue weighted by molar-refractivity contribution is 9.10. The number of anilines is 1. The average Bonchev–Trinajstić information content (AvgIpc) is 2.32. The van der Waals surface area contributed by atoms with Gasteiger partial charge in [0.25, 0.3) is 0 Å². The van der Waals surface area contributed by atoms with Crippen molar-refractivity contribution in [3.63, 3.8) is 0 Å². The zero-order valence-corrected chi connectivity index (χ0v) is 11.8. The topological polar surface area (TPSA) is 12.0 Å². The standard InChI is InChI=1S/C14H13BrClN/c1-10-2-5-13(6-3-10)17-9-11-8-12(15)4-7-14(11)16/h2-8,17H,9H2,1H3. The molecule has 0 aromatic heterocycles. The number of aryl methyl sites for hydroxylation is 1. The van der Waals surface area contributed by atoms with Crippen LogP contribution >= 0.6 is 27.5 Å². The number of nitrogens with one attached hydrogen (secondary N) is 1. The van der Waals surface area contributed by atoms with Crippen molar-refractivity contribution < 1.29 is 0 Å². The molecule has 0 bridgehead atoms. The first-order chi connectivity index (χ1) is 8.15. The van der Waals surface area contributed by atoms with Gasteiger partial charge >= 0.3 is 0 Å². The number of halogens is 2. The maximum atomic E-state index is 6.13. The Morgan fingerprint density at radius 2 is 1.82 bits per heavy atom. The minimum Gasteiger partial charge on any atom is -0.381 e. The molecule has 3 heteroatoms. The molecule has 0 fully saturated rings. The molecule has 0 spiro atoms. The lowest BCUT2D eigenvalue weighted by atomic mass is 10.2. The van der Waals surface area contributed by atoms with Gasteiger partial charge in [0.2, 0.25) is 0 Å². The quantitative estimate of drug-likeness (QED) is 0.839. The van der Waals surface area contributed by atoms with E-state index < -0.39 is 0 Å². The summed E-state index contributed by atoms with van der Waals surface area (Å²) in [7, 11) is 0. The van der Waals surface area contributed by atoms with Crippen LogP contribution in [0.4, 0.5) is 5.69 Å². The second-order valence-corrected chi connectivity index (χ2v) is 5.28. The van der Waals surface area contributed by atoms with Gasteiger partial charge in [0.05, 0.1) is 0 Å². The highest BCUT2D eigenvalue weighted by atomic mass is 79.9. The molecule has 0 aliphatic carbocycles. The fraction of sp³-hybridized carbons (Fsp3) is 0.143. The van der Waals surface area contributed by atoms with Crippen molar-refractivity contribution in [2.75, 3.05) is 5.32 Å². The molecule has 0 heterocycles. The summed E-state index contributed by atoms with van der Waals surface area (Å²) in [4.78, 5) is 0. The highest BCUT2D eigenvalue weighted by Crippen LogP contribution is 2.22. The number of rotatable bonds is 3. The van der Waals surface area contributed by atoms with Gasteiger partial charge in [0.15, 0.2) is 0 Å². The van der Waals surface area contributed by atoms with Gasteiger partial charge in [0, 0.05) is 21.7 Å². The van der Waals surface area contributed by atoms with E-state index in [1.807, 2.05) is 18.2 Å². The first-order valence-corrected chi connectivity index (χ1v) is 6.57. The fourth-order valence-electron chi connectivity index (χ4n) is 1.55. The van der Waals surface area contributed by atoms with Crippen molar-refractivity contribution in [1.82, 2.24) is 0 Å². The van der Waals surface area contributed by atoms with Crippen LogP contribution in [0.5, 0.6) is 0 Å². The average molecular weight is 311 g/mol. The fourth-order valence-corrected chi connectivity index (χ4v) is 2.14. The summed E-state index contributed by atoms with van der Waals surface area (Å²) in [6.45, 7) is 2.80. The third-order valence-corrected chi connectivity index (χ3v) is 3.40. The third-order valence-electron chi connectivity index (χ3n) is 2.54. The van der Waals surface area contributed by atoms with Crippen molar-refractivity contribution >= 4 is 33.2 Å². The Morgan fingerprint density at radius 1 is 1.12 bits per heavy atom. The molecule has 2 rings (SSSR count). The molecule has 0 unspecified atom stereocenters. The van der Waals surface area contributed by atoms with Crippen LogP contribution < -0.4 is 5.32 Å². The van der Waals surface area contributed by atoms with Crippen LogP contribution in [0.15, 0.2) is 46.9 Å². The van der Waals surface area contributed by atoms with Gasteiger partial charge in [-0.25, -0.2) is 0 Å². The minimum absolute atomic E-state index is 0.724. The monoisotopic (exact) mass is 309 g/mol. The van der Waals surface area contributed by atoms with Gasteiger partial charge in [-0.05, 0) is 42.8 Å². The number of hydrogen-bond acceptors (Lipinski definition) is 1. The van der Waals surface area contributed by atoms with Gasteiger partial charge < -0.3 is 5.32 Å². The van der Waals surface area contributed by atoms with Crippen LogP contribution in [-0.2, 0) is 6.54 Å². The van der Waals surface area contributed by atoms with E-state index in [1.165, 1.54) is 5.56 Å². The summed E-state index contributed by atoms with van der Waals surface area (Å²) < 4.78 is 1.04. The van der Waals surface area contributed by atoms with Crippen molar-refractivity contribution in [1.29, 1.82) is 0 Å². The SMILES string of the molecule is Cc1ccc(NCc2cc(Br)ccc2Cl)cc1. The molecule has 1 nitrogen and oxygen atoms in total. The molecule has 0 saturated heterocycles. The van der Waals surface area contributed by atoms with Crippen molar-refractivity contribution in [2.45, 2.75) is 13.5 Å². The lowest BCUT2D eigenvalue weighted by Crippen LogP contribution is -1.99. The molecule has 88 valence electrons. The van der Waals surface area contributed by atoms with Crippen LogP contribution in [0.2, 0.25) is 5.02 Å². The normalized spacial score (nSPS) is 10.3. The van der Waals surface area contributed by atoms with Gasteiger partial charge in [-0.1, -0.05) is 45.2 Å². The van der Waals surface area contributed by atoms with Crippen molar-refractivity contribution in [3.8, 4) is 0 Å². The Balaban J connectivity index is 2.07. The second-order valence-electron chi connectivity index (χ2n) is 3.96. The Morgan fingerprint density at radius 3 is 2.53 bits per heavy atom. The minimum atomic E-state index is 0.724. The summed E-state index contributed by atoms with van der Waals surface area (Å²) in [6.07, 6.45) is 0. The predicted octanol–water partition coefficient (Wildman–Crippen LogP) is 5.02. The smallest absolute Gasteiger partial charge is 0.0456 e. The molecule has 0 radical (unpaired) electrons. The lowest BCUT2D eigenvalue weighted by Gasteiger charge is -2.08. The molecular weight excluding hydrogens is 298 g/mol. The van der Waals surface area contributed by atoms with Crippen LogP contribution in [0.25, 0.3) is 0 Å². The predicted molar refractivity (Wildman–Crippen MR) is 77.7 cm³/mol. The summed E-state index contributed by atoms with van der Waals surface area (Å²) in [5, 5.41) is 4.14. The van der Waals surface area contributed by atoms with Gasteiger partial charge in [-0.3, -0.25) is 0 Å². The van der Waals surface area contributed by atoms with Crippen LogP contribution in [0, 0.1) is 6.92 Å². The van der Waals surface area contributed by atoms with E-state index in [2.05, 4.69) is 52.4 Å². The molecule has 0 saturated carbocycles. The molecule has 17 heavy (non-hydrogen) atoms. The Hall–Kier alpha value is -0.990. The Bertz CT molecular complexity index is 508. The summed E-state index contributed by atoms with van der Waals surface area (Å²) in [6, 6.07) is 14.2. The zero-order chi connectivity index (χ0) is 12.3. The maximum absolute atomic E-state index is 6.13. The molecule has 2 aromatic rings. The van der Waals surface area contributed by atoms with Crippen molar-refractivity contribution in [2.24, 2.45) is 0 Å². The summed E-state index contributed by atoms with van der Waals surface area (Å²) >= 11 is 9.57. The first kappa shape index (κ1) is 12.5. The summed E-state index contributed by atoms with van der Waals surface area (Å²) in [5.74, 6) is 0. The van der Waals surface area contributed by atoms with E-state index in [0.717, 1.165) is 27.3 Å². The molecule has 2 aromatic carbocycles. The number of benzene rings is 2. The second kappa shape index (κ2) is 5.56. The molecule has 0 aliphatic rings. The van der Waals surface area contributed by atoms with Crippen LogP contribution in [0.3, 0.4) is 0 Å². The van der Waals surface area contributed by atoms with Gasteiger partial charge in [-0.15, -0.1) is 0 Å². The zero-order valence-electron chi connectivity index (χ0n) is 9.50. The Kier molecular flexibility index (Phi) is 4.08. The molecule has 0 aliphatic heterocycles. The molecular formula is C14H13BrClN. The van der Waals surface area contributed by atoms with Crippen LogP contribution in [0.1, 0.15) is 11.1 Å². The van der Waals surface area contributed by atoms with E-state index >= 15 is 0 Å². The highest BCUT2D eigenvalue weighted by Gasteiger charge is 2.01. The molecule has 0 atom stereocenters. The van der Waals surface area contributed by atoms with E-state index in [0.29, 0.717) is 0 Å². The molecule has 1 N–H and O–H groups in total. The summed E-state index contributed by atoms with van der Waals surface area (Å²) in [5.41, 5.74) is 3.45. The number of hydrogen-bond donors (Lipinski definition) is 1. The lowest BCUT2D eigenvalue weighted by molar-refractivity contribution is 1.14. The van der Waals surface area contributed by atoms with E-state index in [1.54, 1.807) is 0 Å². The largest absolute Gasteiger partial charge is 0.381 e. The first-order valence-electron chi connectivity index (χ1n) is 5.39. The Labute approximate surface area is 115 Å². The van der Waals surface area contributed by atoms with E-state index in [4.69, 9.17) is 11.6 Å². The van der Waals surface area contributed by atoms with Gasteiger partial charge in [0.1, 0.15) is 0 Å². The van der Waals surface area contributed by atoms with E-state index in [9.17, 15) is 0 Å². The third kappa shape index (κ3) is 3.48. The van der Waals surface area contributed by atoms with Crippen molar-refractivity contribution in [3.05, 3.63) is 63.1 Å². The maximum Gasteiger partial charge on any atom is 0.0456 e. The van der Waals surface area contributed by atoms with E-state index in [-0.39, 0.29) is 0 Å².